The van der Waals surface area contributed by atoms with Crippen molar-refractivity contribution in [2.45, 2.75) is 18.1 Å². The summed E-state index contributed by atoms with van der Waals surface area (Å²) in [5.74, 6) is -3.81. The smallest absolute Gasteiger partial charge is 0.325 e. The average Bonchev–Trinajstić information content (AvgIpc) is 2.78. The van der Waals surface area contributed by atoms with E-state index in [0.717, 1.165) is 6.21 Å². The van der Waals surface area contributed by atoms with Crippen molar-refractivity contribution in [3.05, 3.63) is 65.2 Å². The molecule has 33 heavy (non-hydrogen) atoms. The van der Waals surface area contributed by atoms with Crippen molar-refractivity contribution in [3.8, 4) is 6.07 Å². The van der Waals surface area contributed by atoms with Crippen LogP contribution in [0, 0.1) is 22.7 Å². The van der Waals surface area contributed by atoms with Crippen molar-refractivity contribution >= 4 is 29.9 Å². The van der Waals surface area contributed by atoms with Crippen LogP contribution in [0.4, 0.5) is 18.9 Å². The lowest BCUT2D eigenvalue weighted by molar-refractivity contribution is -0.148. The molecule has 0 saturated heterocycles. The van der Waals surface area contributed by atoms with E-state index in [0.29, 0.717) is 4.90 Å². The zero-order chi connectivity index (χ0) is 24.2. The number of rotatable bonds is 6. The Balaban J connectivity index is 2.15. The number of hydrogen-bond acceptors (Lipinski definition) is 5. The maximum absolute atomic E-state index is 13.5. The van der Waals surface area contributed by atoms with Crippen molar-refractivity contribution in [2.75, 3.05) is 18.9 Å². The van der Waals surface area contributed by atoms with Crippen LogP contribution in [0.25, 0.3) is 0 Å². The van der Waals surface area contributed by atoms with E-state index < -0.39 is 42.4 Å². The van der Waals surface area contributed by atoms with Crippen LogP contribution in [0.5, 0.6) is 0 Å². The topological polar surface area (TPSA) is 109 Å². The maximum Gasteiger partial charge on any atom is 0.406 e. The first-order chi connectivity index (χ1) is 15.7. The van der Waals surface area contributed by atoms with E-state index in [1.807, 2.05) is 6.07 Å². The fraction of sp³-hybridized carbons (Fsp3) is 0.261. The number of halogens is 3. The van der Waals surface area contributed by atoms with Crippen molar-refractivity contribution in [1.29, 1.82) is 10.7 Å². The molecule has 3 atom stereocenters. The number of aliphatic imine (C=N–C) groups is 1. The van der Waals surface area contributed by atoms with Crippen molar-refractivity contribution in [1.82, 2.24) is 4.90 Å². The Labute approximate surface area is 188 Å². The van der Waals surface area contributed by atoms with Gasteiger partial charge in [-0.3, -0.25) is 9.59 Å². The molecule has 1 unspecified atom stereocenters. The SMILES string of the molecule is CN=CC(C=N)[C@@H]1[C@@H](C(=O)Nc2cccc(C#N)c2)c2ccccc2C(=O)N1CC(F)(F)F. The number of anilines is 1. The highest BCUT2D eigenvalue weighted by molar-refractivity contribution is 6.05. The number of hydrogen-bond donors (Lipinski definition) is 2. The number of amides is 2. The molecular formula is C23H20F3N5O2. The molecule has 1 aliphatic rings. The third-order valence-corrected chi connectivity index (χ3v) is 5.29. The summed E-state index contributed by atoms with van der Waals surface area (Å²) < 4.78 is 40.4. The highest BCUT2D eigenvalue weighted by atomic mass is 19.4. The molecule has 7 nitrogen and oxygen atoms in total. The number of carbonyl (C=O) groups excluding carboxylic acids is 2. The summed E-state index contributed by atoms with van der Waals surface area (Å²) in [5.41, 5.74) is 0.820. The molecule has 2 aromatic carbocycles. The highest BCUT2D eigenvalue weighted by Crippen LogP contribution is 2.38. The molecule has 3 rings (SSSR count). The molecule has 1 heterocycles. The van der Waals surface area contributed by atoms with E-state index >= 15 is 0 Å². The number of nitrogens with one attached hydrogen (secondary N) is 2. The summed E-state index contributed by atoms with van der Waals surface area (Å²) >= 11 is 0. The Hall–Kier alpha value is -4.00. The second-order valence-corrected chi connectivity index (χ2v) is 7.44. The molecule has 2 aromatic rings. The van der Waals surface area contributed by atoms with E-state index in [1.54, 1.807) is 24.3 Å². The molecule has 170 valence electrons. The van der Waals surface area contributed by atoms with Gasteiger partial charge in [0.2, 0.25) is 5.91 Å². The van der Waals surface area contributed by atoms with Crippen LogP contribution in [0.1, 0.15) is 27.4 Å². The normalized spacial score (nSPS) is 19.0. The maximum atomic E-state index is 13.5. The van der Waals surface area contributed by atoms with Gasteiger partial charge in [0.1, 0.15) is 6.54 Å². The second kappa shape index (κ2) is 9.65. The van der Waals surface area contributed by atoms with Crippen LogP contribution in [-0.2, 0) is 4.79 Å². The highest BCUT2D eigenvalue weighted by Gasteiger charge is 2.49. The molecule has 10 heteroatoms. The number of nitrogens with zero attached hydrogens (tertiary/aromatic N) is 3. The van der Waals surface area contributed by atoms with Gasteiger partial charge in [-0.25, -0.2) is 0 Å². The Morgan fingerprint density at radius 1 is 1.30 bits per heavy atom. The Bertz CT molecular complexity index is 1140. The molecular weight excluding hydrogens is 435 g/mol. The Morgan fingerprint density at radius 2 is 2.03 bits per heavy atom. The lowest BCUT2D eigenvalue weighted by Crippen LogP contribution is -2.57. The summed E-state index contributed by atoms with van der Waals surface area (Å²) in [5, 5.41) is 19.5. The average molecular weight is 455 g/mol. The molecule has 1 aliphatic heterocycles. The van der Waals surface area contributed by atoms with E-state index in [1.165, 1.54) is 37.5 Å². The minimum Gasteiger partial charge on any atom is -0.325 e. The van der Waals surface area contributed by atoms with Crippen LogP contribution in [0.2, 0.25) is 0 Å². The molecule has 2 amide bonds. The van der Waals surface area contributed by atoms with Crippen LogP contribution in [-0.4, -0.2) is 55.0 Å². The molecule has 0 fully saturated rings. The Morgan fingerprint density at radius 3 is 2.67 bits per heavy atom. The van der Waals surface area contributed by atoms with Gasteiger partial charge in [-0.05, 0) is 29.8 Å². The summed E-state index contributed by atoms with van der Waals surface area (Å²) in [6.45, 7) is -1.58. The molecule has 0 aliphatic carbocycles. The lowest BCUT2D eigenvalue weighted by Gasteiger charge is -2.43. The summed E-state index contributed by atoms with van der Waals surface area (Å²) in [7, 11) is 1.39. The third kappa shape index (κ3) is 5.09. The molecule has 0 saturated carbocycles. The van der Waals surface area contributed by atoms with Gasteiger partial charge in [0, 0.05) is 30.7 Å². The molecule has 0 radical (unpaired) electrons. The van der Waals surface area contributed by atoms with Crippen LogP contribution in [0.15, 0.2) is 53.5 Å². The van der Waals surface area contributed by atoms with Gasteiger partial charge in [0.25, 0.3) is 5.91 Å². The predicted molar refractivity (Wildman–Crippen MR) is 117 cm³/mol. The van der Waals surface area contributed by atoms with Gasteiger partial charge in [-0.15, -0.1) is 0 Å². The molecule has 0 spiro atoms. The van der Waals surface area contributed by atoms with E-state index in [-0.39, 0.29) is 22.4 Å². The number of carbonyl (C=O) groups is 2. The number of benzene rings is 2. The summed E-state index contributed by atoms with van der Waals surface area (Å²) in [4.78, 5) is 31.0. The minimum atomic E-state index is -4.72. The first-order valence-electron chi connectivity index (χ1n) is 9.90. The monoisotopic (exact) mass is 455 g/mol. The first kappa shape index (κ1) is 23.7. The quantitative estimate of drug-likeness (QED) is 0.649. The summed E-state index contributed by atoms with van der Waals surface area (Å²) in [6, 6.07) is 12.7. The number of alkyl halides is 3. The third-order valence-electron chi connectivity index (χ3n) is 5.29. The lowest BCUT2D eigenvalue weighted by atomic mass is 9.77. The fourth-order valence-electron chi connectivity index (χ4n) is 4.00. The molecule has 0 aromatic heterocycles. The van der Waals surface area contributed by atoms with Crippen molar-refractivity contribution in [2.24, 2.45) is 10.9 Å². The number of nitriles is 1. The van der Waals surface area contributed by atoms with Crippen LogP contribution < -0.4 is 5.32 Å². The largest absolute Gasteiger partial charge is 0.406 e. The van der Waals surface area contributed by atoms with E-state index in [2.05, 4.69) is 10.3 Å². The zero-order valence-corrected chi connectivity index (χ0v) is 17.5. The molecule has 0 bridgehead atoms. The number of fused-ring (bicyclic) bond motifs is 1. The van der Waals surface area contributed by atoms with Gasteiger partial charge in [0.05, 0.1) is 29.5 Å². The van der Waals surface area contributed by atoms with Gasteiger partial charge in [-0.2, -0.15) is 18.4 Å². The summed E-state index contributed by atoms with van der Waals surface area (Å²) in [6.07, 6.45) is -2.60. The predicted octanol–water partition coefficient (Wildman–Crippen LogP) is 3.63. The van der Waals surface area contributed by atoms with Crippen LogP contribution in [0.3, 0.4) is 0 Å². The standard InChI is InChI=1S/C23H20F3N5O2/c1-29-12-15(11-28)20-19(21(32)30-16-6-4-5-14(9-16)10-27)17-7-2-3-8-18(17)22(33)31(20)13-23(24,25)26/h2-9,11-12,15,19-20,28H,13H2,1H3,(H,30,32)/t15?,19-,20+/m0/s1. The van der Waals surface area contributed by atoms with Crippen molar-refractivity contribution in [3.63, 3.8) is 0 Å². The van der Waals surface area contributed by atoms with Gasteiger partial charge < -0.3 is 20.6 Å². The van der Waals surface area contributed by atoms with Crippen molar-refractivity contribution < 1.29 is 22.8 Å². The van der Waals surface area contributed by atoms with E-state index in [9.17, 15) is 22.8 Å². The van der Waals surface area contributed by atoms with Gasteiger partial charge in [0.15, 0.2) is 0 Å². The zero-order valence-electron chi connectivity index (χ0n) is 17.5. The Kier molecular flexibility index (Phi) is 6.92. The fourth-order valence-corrected chi connectivity index (χ4v) is 4.00. The first-order valence-corrected chi connectivity index (χ1v) is 9.90. The second-order valence-electron chi connectivity index (χ2n) is 7.44. The van der Waals surface area contributed by atoms with Gasteiger partial charge in [-0.1, -0.05) is 24.3 Å². The molecule has 2 N–H and O–H groups in total. The minimum absolute atomic E-state index is 0.0129. The van der Waals surface area contributed by atoms with E-state index in [4.69, 9.17) is 10.7 Å². The van der Waals surface area contributed by atoms with Gasteiger partial charge >= 0.3 is 6.18 Å². The van der Waals surface area contributed by atoms with Crippen LogP contribution >= 0.6 is 0 Å².